The van der Waals surface area contributed by atoms with Crippen molar-refractivity contribution < 1.29 is 14.6 Å². The molecule has 2 aliphatic rings. The average molecular weight is 313 g/mol. The third-order valence-corrected chi connectivity index (χ3v) is 4.35. The molecule has 2 aliphatic heterocycles. The van der Waals surface area contributed by atoms with Gasteiger partial charge in [0.2, 0.25) is 5.91 Å². The summed E-state index contributed by atoms with van der Waals surface area (Å²) in [5, 5.41) is 13.3. The first kappa shape index (κ1) is 17.7. The second kappa shape index (κ2) is 7.25. The van der Waals surface area contributed by atoms with Crippen molar-refractivity contribution in [3.63, 3.8) is 0 Å². The van der Waals surface area contributed by atoms with Crippen molar-refractivity contribution in [2.45, 2.75) is 45.4 Å². The number of likely N-dealkylation sites (N-methyl/N-ethyl adjacent to an activating group) is 1. The lowest BCUT2D eigenvalue weighted by Crippen LogP contribution is -2.50. The highest BCUT2D eigenvalue weighted by atomic mass is 16.5. The Morgan fingerprint density at radius 1 is 1.27 bits per heavy atom. The summed E-state index contributed by atoms with van der Waals surface area (Å²) in [6.07, 6.45) is -0.369. The topological polar surface area (TPSA) is 65.0 Å². The number of piperazine rings is 1. The van der Waals surface area contributed by atoms with Crippen LogP contribution in [0.4, 0.5) is 0 Å². The molecule has 1 amide bonds. The Balaban J connectivity index is 1.77. The first-order valence-corrected chi connectivity index (χ1v) is 8.24. The zero-order valence-corrected chi connectivity index (χ0v) is 14.3. The van der Waals surface area contributed by atoms with Crippen LogP contribution in [0.3, 0.4) is 0 Å². The maximum atomic E-state index is 12.0. The minimum atomic E-state index is -0.622. The highest BCUT2D eigenvalue weighted by Gasteiger charge is 2.38. The summed E-state index contributed by atoms with van der Waals surface area (Å²) >= 11 is 0. The van der Waals surface area contributed by atoms with Gasteiger partial charge in [-0.2, -0.15) is 0 Å². The van der Waals surface area contributed by atoms with E-state index in [9.17, 15) is 9.90 Å². The molecule has 0 aromatic carbocycles. The number of aliphatic hydroxyl groups excluding tert-OH is 1. The number of carbonyl (C=O) groups is 1. The molecule has 128 valence electrons. The van der Waals surface area contributed by atoms with Gasteiger partial charge in [0, 0.05) is 39.1 Å². The highest BCUT2D eigenvalue weighted by molar-refractivity contribution is 5.77. The Labute approximate surface area is 133 Å². The van der Waals surface area contributed by atoms with Gasteiger partial charge < -0.3 is 20.1 Å². The first-order valence-electron chi connectivity index (χ1n) is 8.24. The quantitative estimate of drug-likeness (QED) is 0.760. The number of carbonyl (C=O) groups excluding carboxylic acids is 1. The van der Waals surface area contributed by atoms with E-state index in [4.69, 9.17) is 4.74 Å². The monoisotopic (exact) mass is 313 g/mol. The summed E-state index contributed by atoms with van der Waals surface area (Å²) in [5.41, 5.74) is -0.0479. The summed E-state index contributed by atoms with van der Waals surface area (Å²) in [6, 6.07) is -0.285. The molecule has 6 nitrogen and oxygen atoms in total. The predicted octanol–water partition coefficient (Wildman–Crippen LogP) is -0.0855. The summed E-state index contributed by atoms with van der Waals surface area (Å²) in [4.78, 5) is 16.6. The molecule has 2 fully saturated rings. The van der Waals surface area contributed by atoms with Gasteiger partial charge in [0.1, 0.15) is 6.10 Å². The molecular weight excluding hydrogens is 282 g/mol. The molecule has 22 heavy (non-hydrogen) atoms. The number of amides is 1. The van der Waals surface area contributed by atoms with Gasteiger partial charge in [-0.05, 0) is 12.5 Å². The number of rotatable bonds is 4. The van der Waals surface area contributed by atoms with Crippen molar-refractivity contribution in [3.8, 4) is 0 Å². The molecule has 0 aliphatic carbocycles. The number of nitrogens with zero attached hydrogens (tertiary/aromatic N) is 2. The van der Waals surface area contributed by atoms with Gasteiger partial charge in [-0.15, -0.1) is 0 Å². The second-order valence-corrected chi connectivity index (χ2v) is 7.88. The standard InChI is InChI=1S/C16H31N3O3/c1-16(2,3)9-14(20)17-12-11-22-13(15(12)21)10-19-7-5-18(4)6-8-19/h12-13,15,21H,5-11H2,1-4H3,(H,17,20). The van der Waals surface area contributed by atoms with E-state index in [0.717, 1.165) is 32.7 Å². The van der Waals surface area contributed by atoms with Gasteiger partial charge in [-0.25, -0.2) is 0 Å². The van der Waals surface area contributed by atoms with E-state index in [2.05, 4.69) is 22.2 Å². The fraction of sp³-hybridized carbons (Fsp3) is 0.938. The lowest BCUT2D eigenvalue weighted by Gasteiger charge is -2.34. The molecule has 2 saturated heterocycles. The molecule has 3 unspecified atom stereocenters. The van der Waals surface area contributed by atoms with Crippen molar-refractivity contribution in [2.75, 3.05) is 46.4 Å². The molecule has 0 aromatic rings. The molecule has 3 atom stereocenters. The van der Waals surface area contributed by atoms with Crippen LogP contribution in [0.5, 0.6) is 0 Å². The molecule has 0 aromatic heterocycles. The highest BCUT2D eigenvalue weighted by Crippen LogP contribution is 2.20. The van der Waals surface area contributed by atoms with E-state index in [-0.39, 0.29) is 23.5 Å². The largest absolute Gasteiger partial charge is 0.388 e. The normalized spacial score (nSPS) is 31.4. The minimum Gasteiger partial charge on any atom is -0.388 e. The smallest absolute Gasteiger partial charge is 0.220 e. The molecule has 2 rings (SSSR count). The Bertz CT molecular complexity index is 375. The van der Waals surface area contributed by atoms with Crippen molar-refractivity contribution in [2.24, 2.45) is 5.41 Å². The molecule has 0 spiro atoms. The van der Waals surface area contributed by atoms with E-state index in [1.54, 1.807) is 0 Å². The van der Waals surface area contributed by atoms with Crippen LogP contribution < -0.4 is 5.32 Å². The summed E-state index contributed by atoms with van der Waals surface area (Å²) in [6.45, 7) is 11.3. The summed E-state index contributed by atoms with van der Waals surface area (Å²) < 4.78 is 5.72. The number of nitrogens with one attached hydrogen (secondary N) is 1. The van der Waals surface area contributed by atoms with Crippen molar-refractivity contribution in [1.82, 2.24) is 15.1 Å². The van der Waals surface area contributed by atoms with Gasteiger partial charge >= 0.3 is 0 Å². The minimum absolute atomic E-state index is 0.0135. The molecule has 6 heteroatoms. The maximum Gasteiger partial charge on any atom is 0.220 e. The Hall–Kier alpha value is -0.690. The SMILES string of the molecule is CN1CCN(CC2OCC(NC(=O)CC(C)(C)C)C2O)CC1. The lowest BCUT2D eigenvalue weighted by atomic mass is 9.91. The Kier molecular flexibility index (Phi) is 5.82. The second-order valence-electron chi connectivity index (χ2n) is 7.88. The fourth-order valence-corrected chi connectivity index (χ4v) is 3.00. The molecular formula is C16H31N3O3. The third kappa shape index (κ3) is 5.19. The van der Waals surface area contributed by atoms with Crippen LogP contribution >= 0.6 is 0 Å². The van der Waals surface area contributed by atoms with Crippen LogP contribution in [0.1, 0.15) is 27.2 Å². The average Bonchev–Trinajstić information content (AvgIpc) is 2.72. The van der Waals surface area contributed by atoms with Crippen molar-refractivity contribution in [3.05, 3.63) is 0 Å². The number of ether oxygens (including phenoxy) is 1. The Morgan fingerprint density at radius 3 is 2.50 bits per heavy atom. The number of hydrogen-bond acceptors (Lipinski definition) is 5. The van der Waals surface area contributed by atoms with E-state index >= 15 is 0 Å². The van der Waals surface area contributed by atoms with Gasteiger partial charge in [0.05, 0.1) is 18.8 Å². The van der Waals surface area contributed by atoms with Gasteiger partial charge in [0.15, 0.2) is 0 Å². The van der Waals surface area contributed by atoms with Gasteiger partial charge in [-0.1, -0.05) is 20.8 Å². The number of hydrogen-bond donors (Lipinski definition) is 2. The number of aliphatic hydroxyl groups is 1. The van der Waals surface area contributed by atoms with E-state index in [1.165, 1.54) is 0 Å². The molecule has 0 radical (unpaired) electrons. The lowest BCUT2D eigenvalue weighted by molar-refractivity contribution is -0.124. The molecule has 2 heterocycles. The van der Waals surface area contributed by atoms with Crippen LogP contribution in [0.15, 0.2) is 0 Å². The molecule has 2 N–H and O–H groups in total. The van der Waals surface area contributed by atoms with Crippen molar-refractivity contribution in [1.29, 1.82) is 0 Å². The van der Waals surface area contributed by atoms with Crippen LogP contribution in [-0.4, -0.2) is 85.4 Å². The third-order valence-electron chi connectivity index (χ3n) is 4.35. The molecule has 0 saturated carbocycles. The van der Waals surface area contributed by atoms with Crippen LogP contribution in [0, 0.1) is 5.41 Å². The molecule has 0 bridgehead atoms. The zero-order valence-electron chi connectivity index (χ0n) is 14.3. The van der Waals surface area contributed by atoms with E-state index in [0.29, 0.717) is 13.0 Å². The van der Waals surface area contributed by atoms with Crippen molar-refractivity contribution >= 4 is 5.91 Å². The van der Waals surface area contributed by atoms with Crippen LogP contribution in [-0.2, 0) is 9.53 Å². The predicted molar refractivity (Wildman–Crippen MR) is 85.7 cm³/mol. The fourth-order valence-electron chi connectivity index (χ4n) is 3.00. The maximum absolute atomic E-state index is 12.0. The zero-order chi connectivity index (χ0) is 16.3. The van der Waals surface area contributed by atoms with E-state index < -0.39 is 6.10 Å². The summed E-state index contributed by atoms with van der Waals surface area (Å²) in [5.74, 6) is -0.0135. The van der Waals surface area contributed by atoms with Crippen LogP contribution in [0.25, 0.3) is 0 Å². The summed E-state index contributed by atoms with van der Waals surface area (Å²) in [7, 11) is 2.12. The van der Waals surface area contributed by atoms with E-state index in [1.807, 2.05) is 20.8 Å². The first-order chi connectivity index (χ1) is 10.2. The Morgan fingerprint density at radius 2 is 1.91 bits per heavy atom. The van der Waals surface area contributed by atoms with Crippen LogP contribution in [0.2, 0.25) is 0 Å². The van der Waals surface area contributed by atoms with Gasteiger partial charge in [-0.3, -0.25) is 9.69 Å². The van der Waals surface area contributed by atoms with Gasteiger partial charge in [0.25, 0.3) is 0 Å².